The number of hydrogen-bond donors (Lipinski definition) is 0. The highest BCUT2D eigenvalue weighted by molar-refractivity contribution is 6.19. The molecule has 13 rings (SSSR count). The van der Waals surface area contributed by atoms with Crippen LogP contribution in [0.15, 0.2) is 235 Å². The third-order valence-electron chi connectivity index (χ3n) is 13.2. The molecular weight excluding hydrogens is 753 g/mol. The van der Waals surface area contributed by atoms with Crippen molar-refractivity contribution in [1.29, 1.82) is 0 Å². The first-order valence-corrected chi connectivity index (χ1v) is 21.3. The van der Waals surface area contributed by atoms with E-state index < -0.39 is 5.41 Å². The zero-order valence-electron chi connectivity index (χ0n) is 33.7. The van der Waals surface area contributed by atoms with E-state index in [4.69, 9.17) is 4.42 Å². The van der Waals surface area contributed by atoms with Gasteiger partial charge in [0.05, 0.1) is 22.1 Å². The maximum atomic E-state index is 6.64. The zero-order valence-corrected chi connectivity index (χ0v) is 33.7. The van der Waals surface area contributed by atoms with Gasteiger partial charge in [-0.1, -0.05) is 170 Å². The Hall–Kier alpha value is -8.14. The van der Waals surface area contributed by atoms with E-state index in [2.05, 4.69) is 234 Å². The summed E-state index contributed by atoms with van der Waals surface area (Å²) in [6.07, 6.45) is 0. The zero-order chi connectivity index (χ0) is 40.8. The largest absolute Gasteiger partial charge is 0.455 e. The normalized spacial score (nSPS) is 13.0. The molecule has 0 aliphatic heterocycles. The minimum Gasteiger partial charge on any atom is -0.455 e. The number of furan rings is 1. The van der Waals surface area contributed by atoms with Crippen LogP contribution in [0, 0.1) is 0 Å². The third kappa shape index (κ3) is 4.88. The predicted octanol–water partition coefficient (Wildman–Crippen LogP) is 15.7. The molecule has 62 heavy (non-hydrogen) atoms. The summed E-state index contributed by atoms with van der Waals surface area (Å²) in [6.45, 7) is 0. The monoisotopic (exact) mass is 790 g/mol. The first-order chi connectivity index (χ1) is 30.8. The Morgan fingerprint density at radius 2 is 0.903 bits per heavy atom. The fourth-order valence-corrected chi connectivity index (χ4v) is 10.7. The standard InChI is InChI=1S/C59H38N2O/c1-3-17-39(18-4-1)59(40-19-5-2-6-20-40)52-27-13-9-21-44(52)45-36-35-43(37-53(45)59)60(56-38-51-49-25-12-16-30-57(49)62-58(51)50-26-8-7-24-48(50)56)41-31-33-42(34-32-41)61-54-28-14-10-22-46(54)47-23-11-15-29-55(47)61/h1-38H. The average Bonchev–Trinajstić information content (AvgIpc) is 3.99. The number of rotatable bonds is 6. The van der Waals surface area contributed by atoms with Crippen molar-refractivity contribution in [2.75, 3.05) is 4.90 Å². The summed E-state index contributed by atoms with van der Waals surface area (Å²) < 4.78 is 9.03. The highest BCUT2D eigenvalue weighted by atomic mass is 16.3. The summed E-state index contributed by atoms with van der Waals surface area (Å²) >= 11 is 0. The molecule has 3 heteroatoms. The van der Waals surface area contributed by atoms with E-state index in [0.29, 0.717) is 0 Å². The van der Waals surface area contributed by atoms with Gasteiger partial charge in [0.2, 0.25) is 0 Å². The first kappa shape index (κ1) is 34.7. The van der Waals surface area contributed by atoms with Crippen LogP contribution >= 0.6 is 0 Å². The van der Waals surface area contributed by atoms with Crippen LogP contribution in [0.4, 0.5) is 17.1 Å². The highest BCUT2D eigenvalue weighted by Gasteiger charge is 2.46. The van der Waals surface area contributed by atoms with E-state index in [0.717, 1.165) is 55.5 Å². The van der Waals surface area contributed by atoms with Crippen molar-refractivity contribution in [3.05, 3.63) is 253 Å². The Morgan fingerprint density at radius 3 is 1.60 bits per heavy atom. The van der Waals surface area contributed by atoms with Gasteiger partial charge in [-0.05, 0) is 94.0 Å². The molecule has 0 amide bonds. The minimum atomic E-state index is -0.538. The van der Waals surface area contributed by atoms with Crippen molar-refractivity contribution in [1.82, 2.24) is 4.57 Å². The van der Waals surface area contributed by atoms with Crippen LogP contribution in [0.2, 0.25) is 0 Å². The van der Waals surface area contributed by atoms with Gasteiger partial charge in [-0.2, -0.15) is 0 Å². The molecule has 290 valence electrons. The number of para-hydroxylation sites is 3. The summed E-state index contributed by atoms with van der Waals surface area (Å²) in [4.78, 5) is 2.46. The van der Waals surface area contributed by atoms with E-state index in [-0.39, 0.29) is 0 Å². The van der Waals surface area contributed by atoms with Gasteiger partial charge < -0.3 is 13.9 Å². The van der Waals surface area contributed by atoms with Gasteiger partial charge in [-0.15, -0.1) is 0 Å². The fourth-order valence-electron chi connectivity index (χ4n) is 10.7. The smallest absolute Gasteiger partial charge is 0.143 e. The SMILES string of the molecule is c1ccc(C2(c3ccccc3)c3ccccc3-c3ccc(N(c4ccc(-n5c6ccccc6c6ccccc65)cc4)c4cc5c6ccccc6oc5c5ccccc45)cc32)cc1. The predicted molar refractivity (Wildman–Crippen MR) is 258 cm³/mol. The molecule has 3 nitrogen and oxygen atoms in total. The van der Waals surface area contributed by atoms with Crippen molar-refractivity contribution < 1.29 is 4.42 Å². The lowest BCUT2D eigenvalue weighted by Gasteiger charge is -2.35. The molecule has 0 N–H and O–H groups in total. The summed E-state index contributed by atoms with van der Waals surface area (Å²) in [6, 6.07) is 84.2. The third-order valence-corrected chi connectivity index (χ3v) is 13.2. The van der Waals surface area contributed by atoms with E-state index in [1.807, 2.05) is 6.07 Å². The Kier molecular flexibility index (Phi) is 7.52. The Labute approximate surface area is 359 Å². The lowest BCUT2D eigenvalue weighted by molar-refractivity contribution is 0.672. The van der Waals surface area contributed by atoms with Crippen molar-refractivity contribution in [3.63, 3.8) is 0 Å². The van der Waals surface area contributed by atoms with Crippen molar-refractivity contribution >= 4 is 71.6 Å². The molecular formula is C59H38N2O. The van der Waals surface area contributed by atoms with Gasteiger partial charge in [-0.25, -0.2) is 0 Å². The molecule has 1 aliphatic carbocycles. The van der Waals surface area contributed by atoms with Crippen LogP contribution in [-0.4, -0.2) is 4.57 Å². The van der Waals surface area contributed by atoms with Crippen LogP contribution in [0.3, 0.4) is 0 Å². The maximum absolute atomic E-state index is 6.64. The number of aromatic nitrogens is 1. The maximum Gasteiger partial charge on any atom is 0.143 e. The molecule has 1 aliphatic rings. The molecule has 0 unspecified atom stereocenters. The van der Waals surface area contributed by atoms with Gasteiger partial charge in [-0.3, -0.25) is 0 Å². The number of nitrogens with zero attached hydrogens (tertiary/aromatic N) is 2. The molecule has 0 saturated carbocycles. The summed E-state index contributed by atoms with van der Waals surface area (Å²) in [5.74, 6) is 0. The second-order valence-corrected chi connectivity index (χ2v) is 16.4. The van der Waals surface area contributed by atoms with E-state index in [9.17, 15) is 0 Å². The second-order valence-electron chi connectivity index (χ2n) is 16.4. The lowest BCUT2D eigenvalue weighted by Crippen LogP contribution is -2.28. The molecule has 0 saturated heterocycles. The van der Waals surface area contributed by atoms with Gasteiger partial charge in [0.1, 0.15) is 11.2 Å². The number of anilines is 3. The van der Waals surface area contributed by atoms with Gasteiger partial charge in [0.15, 0.2) is 0 Å². The summed E-state index contributed by atoms with van der Waals surface area (Å²) in [5, 5.41) is 6.90. The quantitative estimate of drug-likeness (QED) is 0.167. The number of hydrogen-bond acceptors (Lipinski definition) is 2. The fraction of sp³-hybridized carbons (Fsp3) is 0.0169. The molecule has 2 heterocycles. The van der Waals surface area contributed by atoms with E-state index in [1.54, 1.807) is 0 Å². The van der Waals surface area contributed by atoms with Gasteiger partial charge in [0, 0.05) is 49.4 Å². The molecule has 12 aromatic rings. The van der Waals surface area contributed by atoms with E-state index >= 15 is 0 Å². The molecule has 0 spiro atoms. The van der Waals surface area contributed by atoms with Gasteiger partial charge in [0.25, 0.3) is 0 Å². The summed E-state index contributed by atoms with van der Waals surface area (Å²) in [5.41, 5.74) is 15.5. The molecule has 0 radical (unpaired) electrons. The van der Waals surface area contributed by atoms with Crippen LogP contribution in [0.5, 0.6) is 0 Å². The average molecular weight is 791 g/mol. The van der Waals surface area contributed by atoms with Crippen molar-refractivity contribution in [2.45, 2.75) is 5.41 Å². The van der Waals surface area contributed by atoms with Crippen LogP contribution in [0.25, 0.3) is 71.3 Å². The first-order valence-electron chi connectivity index (χ1n) is 21.3. The van der Waals surface area contributed by atoms with E-state index in [1.165, 1.54) is 55.2 Å². The Bertz CT molecular complexity index is 3600. The van der Waals surface area contributed by atoms with Crippen LogP contribution in [-0.2, 0) is 5.41 Å². The van der Waals surface area contributed by atoms with Crippen molar-refractivity contribution in [3.8, 4) is 16.8 Å². The molecule has 0 bridgehead atoms. The topological polar surface area (TPSA) is 21.3 Å². The van der Waals surface area contributed by atoms with Gasteiger partial charge >= 0.3 is 0 Å². The highest BCUT2D eigenvalue weighted by Crippen LogP contribution is 2.57. The van der Waals surface area contributed by atoms with Crippen LogP contribution in [0.1, 0.15) is 22.3 Å². The molecule has 10 aromatic carbocycles. The lowest BCUT2D eigenvalue weighted by atomic mass is 9.67. The Balaban J connectivity index is 1.10. The van der Waals surface area contributed by atoms with Crippen LogP contribution < -0.4 is 4.90 Å². The molecule has 0 fully saturated rings. The number of fused-ring (bicyclic) bond motifs is 11. The minimum absolute atomic E-state index is 0.538. The molecule has 0 atom stereocenters. The Morgan fingerprint density at radius 1 is 0.371 bits per heavy atom. The van der Waals surface area contributed by atoms with Crippen molar-refractivity contribution in [2.24, 2.45) is 0 Å². The molecule has 2 aromatic heterocycles. The second kappa shape index (κ2) is 13.4. The number of benzene rings is 10. The summed E-state index contributed by atoms with van der Waals surface area (Å²) in [7, 11) is 0.